The van der Waals surface area contributed by atoms with Gasteiger partial charge in [0.2, 0.25) is 0 Å². The van der Waals surface area contributed by atoms with E-state index in [1.165, 1.54) is 45.2 Å². The third-order valence-electron chi connectivity index (χ3n) is 2.72. The van der Waals surface area contributed by atoms with E-state index < -0.39 is 5.97 Å². The van der Waals surface area contributed by atoms with Gasteiger partial charge >= 0.3 is 5.97 Å². The lowest BCUT2D eigenvalue weighted by molar-refractivity contribution is -0.132. The molecule has 1 aliphatic carbocycles. The fourth-order valence-corrected chi connectivity index (χ4v) is 1.73. The fraction of sp³-hybridized carbons (Fsp3) is 0.750. The Morgan fingerprint density at radius 3 is 2.20 bits per heavy atom. The van der Waals surface area contributed by atoms with Gasteiger partial charge in [-0.15, -0.1) is 0 Å². The molecule has 2 aliphatic rings. The van der Waals surface area contributed by atoms with Crippen LogP contribution in [0.2, 0.25) is 0 Å². The second kappa shape index (κ2) is 6.62. The number of carboxylic acids is 1. The molecule has 3 heteroatoms. The number of carboxylic acid groups (broad SMARTS) is 1. The highest BCUT2D eigenvalue weighted by molar-refractivity contribution is 5.85. The van der Waals surface area contributed by atoms with Gasteiger partial charge in [0, 0.05) is 18.7 Å². The summed E-state index contributed by atoms with van der Waals surface area (Å²) in [6.45, 7) is 4.18. The SMILES string of the molecule is C1CN1.CC(=CC1CCCCC1)C(=O)O. The summed E-state index contributed by atoms with van der Waals surface area (Å²) in [6.07, 6.45) is 8.09. The number of rotatable bonds is 2. The van der Waals surface area contributed by atoms with Crippen molar-refractivity contribution in [3.63, 3.8) is 0 Å². The van der Waals surface area contributed by atoms with Crippen LogP contribution in [-0.4, -0.2) is 24.2 Å². The zero-order chi connectivity index (χ0) is 11.1. The van der Waals surface area contributed by atoms with Gasteiger partial charge in [-0.3, -0.25) is 0 Å². The van der Waals surface area contributed by atoms with Gasteiger partial charge in [-0.2, -0.15) is 0 Å². The topological polar surface area (TPSA) is 59.2 Å². The van der Waals surface area contributed by atoms with Crippen molar-refractivity contribution in [3.05, 3.63) is 11.6 Å². The summed E-state index contributed by atoms with van der Waals surface area (Å²) in [5, 5.41) is 11.6. The lowest BCUT2D eigenvalue weighted by Crippen LogP contribution is -2.06. The van der Waals surface area contributed by atoms with E-state index in [1.54, 1.807) is 6.92 Å². The van der Waals surface area contributed by atoms with E-state index in [0.717, 1.165) is 0 Å². The van der Waals surface area contributed by atoms with E-state index in [1.807, 2.05) is 6.08 Å². The number of nitrogens with one attached hydrogen (secondary N) is 1. The first kappa shape index (κ1) is 12.2. The van der Waals surface area contributed by atoms with Crippen LogP contribution in [0.25, 0.3) is 0 Å². The molecule has 15 heavy (non-hydrogen) atoms. The first-order chi connectivity index (χ1) is 7.20. The molecule has 2 N–H and O–H groups in total. The van der Waals surface area contributed by atoms with Crippen LogP contribution in [0.1, 0.15) is 39.0 Å². The summed E-state index contributed by atoms with van der Waals surface area (Å²) in [4.78, 5) is 10.5. The molecule has 1 heterocycles. The van der Waals surface area contributed by atoms with Gasteiger partial charge in [0.1, 0.15) is 0 Å². The van der Waals surface area contributed by atoms with E-state index in [2.05, 4.69) is 5.32 Å². The van der Waals surface area contributed by atoms with E-state index >= 15 is 0 Å². The normalized spacial score (nSPS) is 21.5. The third kappa shape index (κ3) is 6.28. The Bertz CT molecular complexity index is 225. The van der Waals surface area contributed by atoms with Crippen LogP contribution in [0, 0.1) is 5.92 Å². The molecule has 1 aliphatic heterocycles. The Balaban J connectivity index is 0.000000319. The average Bonchev–Trinajstić information content (AvgIpc) is 3.06. The van der Waals surface area contributed by atoms with Gasteiger partial charge in [0.25, 0.3) is 0 Å². The zero-order valence-electron chi connectivity index (χ0n) is 9.46. The molecule has 0 aromatic carbocycles. The largest absolute Gasteiger partial charge is 0.478 e. The Kier molecular flexibility index (Phi) is 5.40. The van der Waals surface area contributed by atoms with Crippen LogP contribution in [-0.2, 0) is 4.79 Å². The van der Waals surface area contributed by atoms with Crippen molar-refractivity contribution >= 4 is 5.97 Å². The summed E-state index contributed by atoms with van der Waals surface area (Å²) in [6, 6.07) is 0. The summed E-state index contributed by atoms with van der Waals surface area (Å²) in [5.74, 6) is -0.254. The molecule has 0 radical (unpaired) electrons. The molecule has 0 spiro atoms. The van der Waals surface area contributed by atoms with E-state index in [0.29, 0.717) is 11.5 Å². The molecule has 1 saturated heterocycles. The molecule has 2 fully saturated rings. The van der Waals surface area contributed by atoms with E-state index in [9.17, 15) is 4.79 Å². The molecule has 0 amide bonds. The number of hydrogen-bond donors (Lipinski definition) is 2. The molecule has 0 atom stereocenters. The highest BCUT2D eigenvalue weighted by Gasteiger charge is 2.12. The summed E-state index contributed by atoms with van der Waals surface area (Å²) < 4.78 is 0. The Labute approximate surface area is 91.6 Å². The first-order valence-corrected chi connectivity index (χ1v) is 5.82. The zero-order valence-corrected chi connectivity index (χ0v) is 9.46. The van der Waals surface area contributed by atoms with Gasteiger partial charge in [0.15, 0.2) is 0 Å². The molecule has 86 valence electrons. The van der Waals surface area contributed by atoms with Crippen LogP contribution < -0.4 is 5.32 Å². The maximum absolute atomic E-state index is 10.5. The van der Waals surface area contributed by atoms with Gasteiger partial charge < -0.3 is 10.4 Å². The van der Waals surface area contributed by atoms with Crippen LogP contribution >= 0.6 is 0 Å². The van der Waals surface area contributed by atoms with Crippen LogP contribution in [0.5, 0.6) is 0 Å². The number of carbonyl (C=O) groups is 1. The second-order valence-electron chi connectivity index (χ2n) is 4.30. The van der Waals surface area contributed by atoms with Crippen LogP contribution in [0.3, 0.4) is 0 Å². The predicted octanol–water partition coefficient (Wildman–Crippen LogP) is 2.19. The minimum atomic E-state index is -0.777. The standard InChI is InChI=1S/C10H16O2.C2H5N/c1-8(10(11)12)7-9-5-3-2-4-6-9;1-2-3-1/h7,9H,2-6H2,1H3,(H,11,12);3H,1-2H2. The molecule has 3 nitrogen and oxygen atoms in total. The maximum atomic E-state index is 10.5. The van der Waals surface area contributed by atoms with Crippen molar-refractivity contribution in [2.75, 3.05) is 13.1 Å². The fourth-order valence-electron chi connectivity index (χ4n) is 1.73. The van der Waals surface area contributed by atoms with Crippen molar-refractivity contribution in [1.82, 2.24) is 5.32 Å². The molecule has 0 bridgehead atoms. The van der Waals surface area contributed by atoms with Gasteiger partial charge in [-0.1, -0.05) is 25.3 Å². The predicted molar refractivity (Wildman–Crippen MR) is 60.8 cm³/mol. The van der Waals surface area contributed by atoms with Crippen molar-refractivity contribution in [1.29, 1.82) is 0 Å². The minimum absolute atomic E-state index is 0.502. The third-order valence-corrected chi connectivity index (χ3v) is 2.72. The lowest BCUT2D eigenvalue weighted by atomic mass is 9.88. The van der Waals surface area contributed by atoms with Crippen molar-refractivity contribution in [3.8, 4) is 0 Å². The van der Waals surface area contributed by atoms with Crippen molar-refractivity contribution in [2.24, 2.45) is 5.92 Å². The Morgan fingerprint density at radius 2 is 1.80 bits per heavy atom. The summed E-state index contributed by atoms with van der Waals surface area (Å²) in [5.41, 5.74) is 0.502. The van der Waals surface area contributed by atoms with Gasteiger partial charge in [-0.25, -0.2) is 4.79 Å². The smallest absolute Gasteiger partial charge is 0.330 e. The van der Waals surface area contributed by atoms with E-state index in [4.69, 9.17) is 5.11 Å². The molecule has 1 saturated carbocycles. The highest BCUT2D eigenvalue weighted by atomic mass is 16.4. The summed E-state index contributed by atoms with van der Waals surface area (Å²) in [7, 11) is 0. The van der Waals surface area contributed by atoms with Crippen LogP contribution in [0.15, 0.2) is 11.6 Å². The number of aliphatic carboxylic acids is 1. The van der Waals surface area contributed by atoms with Gasteiger partial charge in [-0.05, 0) is 25.7 Å². The lowest BCUT2D eigenvalue weighted by Gasteiger charge is -2.18. The molecule has 0 aromatic rings. The van der Waals surface area contributed by atoms with Crippen molar-refractivity contribution < 1.29 is 9.90 Å². The minimum Gasteiger partial charge on any atom is -0.478 e. The van der Waals surface area contributed by atoms with Crippen molar-refractivity contribution in [2.45, 2.75) is 39.0 Å². The molecule has 0 unspecified atom stereocenters. The molecule has 0 aromatic heterocycles. The monoisotopic (exact) mass is 211 g/mol. The Hall–Kier alpha value is -0.830. The Morgan fingerprint density at radius 1 is 1.27 bits per heavy atom. The van der Waals surface area contributed by atoms with Crippen LogP contribution in [0.4, 0.5) is 0 Å². The quantitative estimate of drug-likeness (QED) is 0.543. The molecular formula is C12H21NO2. The molecular weight excluding hydrogens is 190 g/mol. The second-order valence-corrected chi connectivity index (χ2v) is 4.30. The number of allylic oxidation sites excluding steroid dienone is 1. The maximum Gasteiger partial charge on any atom is 0.330 e. The molecule has 2 rings (SSSR count). The average molecular weight is 211 g/mol. The summed E-state index contributed by atoms with van der Waals surface area (Å²) >= 11 is 0. The number of hydrogen-bond acceptors (Lipinski definition) is 2. The van der Waals surface area contributed by atoms with Gasteiger partial charge in [0.05, 0.1) is 0 Å². The van der Waals surface area contributed by atoms with E-state index in [-0.39, 0.29) is 0 Å². The first-order valence-electron chi connectivity index (χ1n) is 5.82. The highest BCUT2D eigenvalue weighted by Crippen LogP contribution is 2.25.